The van der Waals surface area contributed by atoms with Gasteiger partial charge in [0.15, 0.2) is 0 Å². The second-order valence-corrected chi connectivity index (χ2v) is 6.31. The molecule has 4 aromatic rings. The Kier molecular flexibility index (Phi) is 5.06. The highest BCUT2D eigenvalue weighted by atomic mass is 19.1. The van der Waals surface area contributed by atoms with E-state index in [2.05, 4.69) is 9.97 Å². The fourth-order valence-corrected chi connectivity index (χ4v) is 3.08. The summed E-state index contributed by atoms with van der Waals surface area (Å²) >= 11 is 0. The van der Waals surface area contributed by atoms with E-state index in [4.69, 9.17) is 11.5 Å². The van der Waals surface area contributed by atoms with Gasteiger partial charge in [0.05, 0.1) is 5.52 Å². The molecule has 2 heterocycles. The molecule has 0 aliphatic rings. The van der Waals surface area contributed by atoms with Crippen molar-refractivity contribution in [2.24, 2.45) is 11.5 Å². The van der Waals surface area contributed by atoms with Gasteiger partial charge in [-0.15, -0.1) is 0 Å². The Balaban J connectivity index is 0.000000151. The number of halogens is 2. The monoisotopic (exact) mass is 356 g/mol. The number of hydrogen-bond donors (Lipinski definition) is 4. The topological polar surface area (TPSA) is 83.6 Å². The maximum atomic E-state index is 13.5. The van der Waals surface area contributed by atoms with E-state index in [-0.39, 0.29) is 24.7 Å². The highest BCUT2D eigenvalue weighted by Gasteiger charge is 2.09. The second-order valence-electron chi connectivity index (χ2n) is 6.31. The molecular weight excluding hydrogens is 334 g/mol. The number of H-pyrrole nitrogens is 2. The second kappa shape index (κ2) is 7.27. The van der Waals surface area contributed by atoms with Gasteiger partial charge in [0.25, 0.3) is 0 Å². The summed E-state index contributed by atoms with van der Waals surface area (Å²) in [7, 11) is 0. The summed E-state index contributed by atoms with van der Waals surface area (Å²) in [6.07, 6.45) is 1.80. The molecular formula is C20H22F2N4. The fourth-order valence-electron chi connectivity index (χ4n) is 3.08. The Hall–Kier alpha value is -2.70. The van der Waals surface area contributed by atoms with Crippen LogP contribution in [0.2, 0.25) is 0 Å². The van der Waals surface area contributed by atoms with Crippen LogP contribution in [0.15, 0.2) is 36.5 Å². The number of aromatic nitrogens is 2. The van der Waals surface area contributed by atoms with Gasteiger partial charge in [-0.1, -0.05) is 0 Å². The van der Waals surface area contributed by atoms with Crippen LogP contribution < -0.4 is 11.5 Å². The number of aryl methyl sites for hydroxylation is 2. The van der Waals surface area contributed by atoms with E-state index in [0.29, 0.717) is 16.7 Å². The van der Waals surface area contributed by atoms with Crippen molar-refractivity contribution in [1.29, 1.82) is 0 Å². The Morgan fingerprint density at radius 1 is 0.923 bits per heavy atom. The maximum absolute atomic E-state index is 13.5. The SMILES string of the molecule is Cc1c(F)c(CN)cc2cc[nH]c12.Cc1cc2cc(CN)c(F)cc2[nH]1. The zero-order chi connectivity index (χ0) is 18.8. The van der Waals surface area contributed by atoms with Crippen LogP contribution in [0.25, 0.3) is 21.8 Å². The van der Waals surface area contributed by atoms with Crippen molar-refractivity contribution in [2.75, 3.05) is 0 Å². The number of benzene rings is 2. The molecule has 0 bridgehead atoms. The molecule has 2 aromatic heterocycles. The number of nitrogens with one attached hydrogen (secondary N) is 2. The van der Waals surface area contributed by atoms with E-state index in [1.165, 1.54) is 6.07 Å². The van der Waals surface area contributed by atoms with Crippen molar-refractivity contribution in [3.63, 3.8) is 0 Å². The number of rotatable bonds is 2. The summed E-state index contributed by atoms with van der Waals surface area (Å²) in [5, 5.41) is 2.03. The van der Waals surface area contributed by atoms with Crippen LogP contribution in [0.5, 0.6) is 0 Å². The smallest absolute Gasteiger partial charge is 0.132 e. The van der Waals surface area contributed by atoms with Gasteiger partial charge in [-0.3, -0.25) is 0 Å². The van der Waals surface area contributed by atoms with Crippen LogP contribution in [-0.2, 0) is 13.1 Å². The Morgan fingerprint density at radius 2 is 1.62 bits per heavy atom. The summed E-state index contributed by atoms with van der Waals surface area (Å²) in [4.78, 5) is 6.07. The van der Waals surface area contributed by atoms with E-state index < -0.39 is 0 Å². The first-order valence-corrected chi connectivity index (χ1v) is 8.37. The average molecular weight is 356 g/mol. The molecule has 0 fully saturated rings. The molecule has 0 aliphatic heterocycles. The first-order chi connectivity index (χ1) is 12.4. The van der Waals surface area contributed by atoms with Crippen molar-refractivity contribution in [3.8, 4) is 0 Å². The summed E-state index contributed by atoms with van der Waals surface area (Å²) in [6.45, 7) is 4.19. The summed E-state index contributed by atoms with van der Waals surface area (Å²) < 4.78 is 26.7. The average Bonchev–Trinajstić information content (AvgIpc) is 3.23. The lowest BCUT2D eigenvalue weighted by molar-refractivity contribution is 0.604. The molecule has 0 unspecified atom stereocenters. The van der Waals surface area contributed by atoms with Gasteiger partial charge in [0.1, 0.15) is 11.6 Å². The van der Waals surface area contributed by atoms with Crippen LogP contribution in [0.4, 0.5) is 8.78 Å². The molecule has 136 valence electrons. The van der Waals surface area contributed by atoms with Crippen molar-refractivity contribution >= 4 is 21.8 Å². The van der Waals surface area contributed by atoms with Crippen LogP contribution >= 0.6 is 0 Å². The summed E-state index contributed by atoms with van der Waals surface area (Å²) in [5.74, 6) is -0.436. The van der Waals surface area contributed by atoms with Crippen LogP contribution in [0.3, 0.4) is 0 Å². The zero-order valence-corrected chi connectivity index (χ0v) is 14.8. The number of nitrogens with two attached hydrogens (primary N) is 2. The van der Waals surface area contributed by atoms with Gasteiger partial charge in [0, 0.05) is 58.0 Å². The van der Waals surface area contributed by atoms with Crippen LogP contribution in [0.1, 0.15) is 22.4 Å². The number of hydrogen-bond acceptors (Lipinski definition) is 2. The normalized spacial score (nSPS) is 11.0. The molecule has 0 radical (unpaired) electrons. The largest absolute Gasteiger partial charge is 0.361 e. The Bertz CT molecular complexity index is 1060. The van der Waals surface area contributed by atoms with Crippen LogP contribution in [-0.4, -0.2) is 9.97 Å². The predicted octanol–water partition coefficient (Wildman–Crippen LogP) is 4.15. The molecule has 6 N–H and O–H groups in total. The minimum absolute atomic E-state index is 0.197. The third-order valence-electron chi connectivity index (χ3n) is 4.46. The van der Waals surface area contributed by atoms with Crippen molar-refractivity contribution < 1.29 is 8.78 Å². The number of aromatic amines is 2. The van der Waals surface area contributed by atoms with Crippen molar-refractivity contribution in [2.45, 2.75) is 26.9 Å². The van der Waals surface area contributed by atoms with E-state index >= 15 is 0 Å². The summed E-state index contributed by atoms with van der Waals surface area (Å²) in [5.41, 5.74) is 15.3. The van der Waals surface area contributed by atoms with Crippen molar-refractivity contribution in [3.05, 3.63) is 70.5 Å². The minimum atomic E-state index is -0.239. The molecule has 6 heteroatoms. The quantitative estimate of drug-likeness (QED) is 0.435. The Morgan fingerprint density at radius 3 is 2.31 bits per heavy atom. The molecule has 0 atom stereocenters. The highest BCUT2D eigenvalue weighted by Crippen LogP contribution is 2.23. The van der Waals surface area contributed by atoms with Gasteiger partial charge in [-0.05, 0) is 44.2 Å². The predicted molar refractivity (Wildman–Crippen MR) is 102 cm³/mol. The standard InChI is InChI=1S/2C10H11FN2/c1-6-2-7-3-8(5-12)9(11)4-10(7)13-6;1-6-9(11)8(5-12)4-7-2-3-13-10(6)7/h2*2-4,13H,5,12H2,1H3. The molecule has 0 saturated carbocycles. The first kappa shape index (κ1) is 18.1. The summed E-state index contributed by atoms with van der Waals surface area (Å²) in [6, 6.07) is 8.96. The minimum Gasteiger partial charge on any atom is -0.361 e. The van der Waals surface area contributed by atoms with Gasteiger partial charge < -0.3 is 21.4 Å². The van der Waals surface area contributed by atoms with Crippen LogP contribution in [0, 0.1) is 25.5 Å². The molecule has 26 heavy (non-hydrogen) atoms. The molecule has 4 rings (SSSR count). The molecule has 0 amide bonds. The number of fused-ring (bicyclic) bond motifs is 2. The third-order valence-corrected chi connectivity index (χ3v) is 4.46. The Labute approximate surface area is 150 Å². The lowest BCUT2D eigenvalue weighted by Crippen LogP contribution is -2.01. The van der Waals surface area contributed by atoms with E-state index in [0.717, 1.165) is 27.5 Å². The molecule has 0 spiro atoms. The maximum Gasteiger partial charge on any atom is 0.132 e. The molecule has 0 aliphatic carbocycles. The molecule has 4 nitrogen and oxygen atoms in total. The van der Waals surface area contributed by atoms with Crippen molar-refractivity contribution in [1.82, 2.24) is 9.97 Å². The third kappa shape index (κ3) is 3.34. The van der Waals surface area contributed by atoms with Gasteiger partial charge in [0.2, 0.25) is 0 Å². The van der Waals surface area contributed by atoms with E-state index in [1.807, 2.05) is 19.1 Å². The fraction of sp³-hybridized carbons (Fsp3) is 0.200. The zero-order valence-electron chi connectivity index (χ0n) is 14.8. The first-order valence-electron chi connectivity index (χ1n) is 8.37. The van der Waals surface area contributed by atoms with E-state index in [9.17, 15) is 8.78 Å². The van der Waals surface area contributed by atoms with Gasteiger partial charge in [-0.25, -0.2) is 8.78 Å². The lowest BCUT2D eigenvalue weighted by atomic mass is 10.1. The lowest BCUT2D eigenvalue weighted by Gasteiger charge is -2.04. The highest BCUT2D eigenvalue weighted by molar-refractivity contribution is 5.83. The molecule has 0 saturated heterocycles. The van der Waals surface area contributed by atoms with Gasteiger partial charge >= 0.3 is 0 Å². The van der Waals surface area contributed by atoms with Gasteiger partial charge in [-0.2, -0.15) is 0 Å². The van der Waals surface area contributed by atoms with E-state index in [1.54, 1.807) is 25.3 Å². The molecule has 2 aromatic carbocycles.